The molecule has 0 atom stereocenters. The normalized spacial score (nSPS) is 14.4. The summed E-state index contributed by atoms with van der Waals surface area (Å²) < 4.78 is 11.7. The summed E-state index contributed by atoms with van der Waals surface area (Å²) in [7, 11) is -2.09. The maximum Gasteiger partial charge on any atom is 0.363 e. The van der Waals surface area contributed by atoms with Gasteiger partial charge in [-0.3, -0.25) is 0 Å². The molecule has 38 heavy (non-hydrogen) atoms. The number of hydrogen-bond acceptors (Lipinski definition) is 4. The minimum Gasteiger partial charge on any atom is -0.458 e. The molecule has 0 radical (unpaired) electrons. The van der Waals surface area contributed by atoms with Crippen LogP contribution < -0.4 is 15.9 Å². The first-order valence-corrected chi connectivity index (χ1v) is 14.4. The van der Waals surface area contributed by atoms with E-state index >= 15 is 0 Å². The van der Waals surface area contributed by atoms with E-state index in [1.54, 1.807) is 6.08 Å². The Morgan fingerprint density at radius 1 is 0.632 bits per heavy atom. The van der Waals surface area contributed by atoms with Crippen LogP contribution in [0.15, 0.2) is 149 Å². The van der Waals surface area contributed by atoms with E-state index in [1.165, 1.54) is 15.9 Å². The minimum atomic E-state index is -2.09. The van der Waals surface area contributed by atoms with Crippen LogP contribution in [0.2, 0.25) is 0 Å². The van der Waals surface area contributed by atoms with Crippen molar-refractivity contribution in [3.05, 3.63) is 156 Å². The summed E-state index contributed by atoms with van der Waals surface area (Å²) in [6.07, 6.45) is 2.35. The molecular formula is C33H25NO3P+. The van der Waals surface area contributed by atoms with Crippen LogP contribution in [0.1, 0.15) is 17.1 Å². The van der Waals surface area contributed by atoms with Crippen LogP contribution in [0.5, 0.6) is 0 Å². The number of aliphatic imine (C=N–C) groups is 1. The van der Waals surface area contributed by atoms with Crippen LogP contribution in [-0.2, 0) is 15.7 Å². The fraction of sp³-hybridized carbons (Fsp3) is 0.0303. The van der Waals surface area contributed by atoms with E-state index < -0.39 is 13.2 Å². The monoisotopic (exact) mass is 514 g/mol. The second-order valence-electron chi connectivity index (χ2n) is 8.98. The number of carbonyl (C=O) groups excluding carboxylic acids is 1. The Labute approximate surface area is 222 Å². The van der Waals surface area contributed by atoms with Crippen molar-refractivity contribution in [3.8, 4) is 0 Å². The minimum absolute atomic E-state index is 0.222. The number of benzene rings is 4. The van der Waals surface area contributed by atoms with Gasteiger partial charge in [0.05, 0.1) is 0 Å². The van der Waals surface area contributed by atoms with Gasteiger partial charge >= 0.3 is 5.97 Å². The van der Waals surface area contributed by atoms with Crippen molar-refractivity contribution in [1.29, 1.82) is 0 Å². The molecule has 0 amide bonds. The van der Waals surface area contributed by atoms with Crippen LogP contribution in [0, 0.1) is 0 Å². The molecule has 2 heterocycles. The number of cyclic esters (lactones) is 1. The highest BCUT2D eigenvalue weighted by atomic mass is 31.2. The van der Waals surface area contributed by atoms with Gasteiger partial charge in [0, 0.05) is 11.6 Å². The number of rotatable bonds is 7. The second kappa shape index (κ2) is 10.5. The van der Waals surface area contributed by atoms with Crippen LogP contribution >= 0.6 is 7.26 Å². The molecule has 0 spiro atoms. The Balaban J connectivity index is 1.40. The molecule has 0 saturated carbocycles. The van der Waals surface area contributed by atoms with Gasteiger partial charge in [0.2, 0.25) is 5.90 Å². The van der Waals surface area contributed by atoms with Gasteiger partial charge < -0.3 is 9.15 Å². The number of nitrogens with zero attached hydrogens (tertiary/aromatic N) is 1. The molecule has 0 unspecified atom stereocenters. The third-order valence-electron chi connectivity index (χ3n) is 6.59. The van der Waals surface area contributed by atoms with Gasteiger partial charge in [-0.25, -0.2) is 9.79 Å². The SMILES string of the molecule is O=C1OC(c2ccccc2)=N/C1=C\c1ccc(C[P+](c2ccccc2)(c2ccccc2)c2ccccc2)o1. The summed E-state index contributed by atoms with van der Waals surface area (Å²) in [5.41, 5.74) is 0.979. The van der Waals surface area contributed by atoms with E-state index in [-0.39, 0.29) is 5.70 Å². The first-order chi connectivity index (χ1) is 18.7. The van der Waals surface area contributed by atoms with Gasteiger partial charge in [-0.2, -0.15) is 0 Å². The number of furan rings is 1. The third-order valence-corrected chi connectivity index (χ3v) is 10.9. The van der Waals surface area contributed by atoms with E-state index in [9.17, 15) is 4.79 Å². The Bertz CT molecular complexity index is 1510. The molecular weight excluding hydrogens is 489 g/mol. The zero-order valence-electron chi connectivity index (χ0n) is 20.6. The number of esters is 1. The zero-order valence-corrected chi connectivity index (χ0v) is 21.5. The van der Waals surface area contributed by atoms with E-state index in [1.807, 2.05) is 42.5 Å². The van der Waals surface area contributed by atoms with Crippen molar-refractivity contribution in [2.24, 2.45) is 4.99 Å². The summed E-state index contributed by atoms with van der Waals surface area (Å²) in [5, 5.41) is 3.85. The summed E-state index contributed by atoms with van der Waals surface area (Å²) in [6.45, 7) is 0. The fourth-order valence-electron chi connectivity index (χ4n) is 4.81. The molecule has 4 aromatic carbocycles. The number of carbonyl (C=O) groups is 1. The molecule has 0 bridgehead atoms. The summed E-state index contributed by atoms with van der Waals surface area (Å²) >= 11 is 0. The van der Waals surface area contributed by atoms with Gasteiger partial charge in [-0.1, -0.05) is 72.8 Å². The molecule has 1 aliphatic heterocycles. The van der Waals surface area contributed by atoms with Crippen LogP contribution in [0.4, 0.5) is 0 Å². The Morgan fingerprint density at radius 3 is 1.66 bits per heavy atom. The molecule has 0 fully saturated rings. The zero-order chi connectivity index (χ0) is 25.8. The summed E-state index contributed by atoms with van der Waals surface area (Å²) in [6, 6.07) is 45.3. The fourth-order valence-corrected chi connectivity index (χ4v) is 8.93. The van der Waals surface area contributed by atoms with Crippen molar-refractivity contribution < 1.29 is 13.9 Å². The number of hydrogen-bond donors (Lipinski definition) is 0. The lowest BCUT2D eigenvalue weighted by Gasteiger charge is -2.26. The van der Waals surface area contributed by atoms with E-state index in [0.29, 0.717) is 17.8 Å². The molecule has 6 rings (SSSR count). The lowest BCUT2D eigenvalue weighted by molar-refractivity contribution is -0.129. The van der Waals surface area contributed by atoms with Gasteiger partial charge in [-0.05, 0) is 60.7 Å². The Hall–Kier alpha value is -4.53. The Kier molecular flexibility index (Phi) is 6.56. The third kappa shape index (κ3) is 4.63. The van der Waals surface area contributed by atoms with E-state index in [4.69, 9.17) is 9.15 Å². The molecule has 1 aromatic heterocycles. The predicted octanol–water partition coefficient (Wildman–Crippen LogP) is 6.12. The maximum atomic E-state index is 12.5. The van der Waals surface area contributed by atoms with Gasteiger partial charge in [0.15, 0.2) is 5.70 Å². The average Bonchev–Trinajstić information content (AvgIpc) is 3.59. The van der Waals surface area contributed by atoms with Gasteiger partial charge in [0.1, 0.15) is 40.9 Å². The first kappa shape index (κ1) is 23.8. The molecule has 4 nitrogen and oxygen atoms in total. The highest BCUT2D eigenvalue weighted by Gasteiger charge is 2.46. The largest absolute Gasteiger partial charge is 0.458 e. The van der Waals surface area contributed by atoms with Crippen molar-refractivity contribution >= 4 is 41.1 Å². The molecule has 0 aliphatic carbocycles. The predicted molar refractivity (Wildman–Crippen MR) is 155 cm³/mol. The summed E-state index contributed by atoms with van der Waals surface area (Å²) in [4.78, 5) is 16.9. The van der Waals surface area contributed by atoms with Gasteiger partial charge in [-0.15, -0.1) is 0 Å². The standard InChI is InChI=1S/C33H25NO3P/c35-33-31(34-32(37-33)25-13-5-1-6-14-25)23-26-21-22-27(36-26)24-38(28-15-7-2-8-16-28,29-17-9-3-10-18-29)30-19-11-4-12-20-30/h1-23H,24H2/q+1/b31-23-. The highest BCUT2D eigenvalue weighted by molar-refractivity contribution is 7.95. The van der Waals surface area contributed by atoms with E-state index in [2.05, 4.69) is 96.0 Å². The van der Waals surface area contributed by atoms with Crippen LogP contribution in [-0.4, -0.2) is 11.9 Å². The van der Waals surface area contributed by atoms with Crippen LogP contribution in [0.25, 0.3) is 6.08 Å². The highest BCUT2D eigenvalue weighted by Crippen LogP contribution is 2.58. The molecule has 0 saturated heterocycles. The Morgan fingerprint density at radius 2 is 1.13 bits per heavy atom. The first-order valence-electron chi connectivity index (χ1n) is 12.4. The van der Waals surface area contributed by atoms with Crippen molar-refractivity contribution in [1.82, 2.24) is 0 Å². The summed E-state index contributed by atoms with van der Waals surface area (Å²) in [5.74, 6) is 1.23. The van der Waals surface area contributed by atoms with Crippen molar-refractivity contribution in [2.45, 2.75) is 6.16 Å². The molecule has 184 valence electrons. The molecule has 1 aliphatic rings. The second-order valence-corrected chi connectivity index (χ2v) is 12.5. The van der Waals surface area contributed by atoms with Gasteiger partial charge in [0.25, 0.3) is 0 Å². The van der Waals surface area contributed by atoms with Crippen molar-refractivity contribution in [2.75, 3.05) is 0 Å². The number of ether oxygens (including phenoxy) is 1. The quantitative estimate of drug-likeness (QED) is 0.149. The molecule has 5 heteroatoms. The topological polar surface area (TPSA) is 51.8 Å². The molecule has 0 N–H and O–H groups in total. The maximum absolute atomic E-state index is 12.5. The average molecular weight is 515 g/mol. The van der Waals surface area contributed by atoms with E-state index in [0.717, 1.165) is 11.3 Å². The smallest absolute Gasteiger partial charge is 0.363 e. The van der Waals surface area contributed by atoms with Crippen molar-refractivity contribution in [3.63, 3.8) is 0 Å². The van der Waals surface area contributed by atoms with Crippen LogP contribution in [0.3, 0.4) is 0 Å². The molecule has 5 aromatic rings. The lowest BCUT2D eigenvalue weighted by Crippen LogP contribution is -2.32. The lowest BCUT2D eigenvalue weighted by atomic mass is 10.2.